The first kappa shape index (κ1) is 20.3. The molecule has 4 rings (SSSR count). The van der Waals surface area contributed by atoms with Crippen LogP contribution in [-0.4, -0.2) is 17.1 Å². The lowest BCUT2D eigenvalue weighted by Gasteiger charge is -2.56. The second kappa shape index (κ2) is 8.07. The van der Waals surface area contributed by atoms with E-state index in [1.54, 1.807) is 5.56 Å². The summed E-state index contributed by atoms with van der Waals surface area (Å²) in [4.78, 5) is 1.16. The van der Waals surface area contributed by atoms with Gasteiger partial charge in [0.05, 0.1) is 4.99 Å². The largest absolute Gasteiger partial charge is 0.376 e. The van der Waals surface area contributed by atoms with Crippen molar-refractivity contribution in [1.82, 2.24) is 5.32 Å². The molecule has 1 aromatic rings. The van der Waals surface area contributed by atoms with Gasteiger partial charge in [-0.05, 0) is 87.0 Å². The Morgan fingerprint density at radius 2 is 1.82 bits per heavy atom. The minimum atomic E-state index is 0.155. The summed E-state index contributed by atoms with van der Waals surface area (Å²) in [5, 5.41) is 3.85. The Morgan fingerprint density at radius 3 is 2.50 bits per heavy atom. The minimum Gasteiger partial charge on any atom is -0.376 e. The molecule has 0 radical (unpaired) electrons. The van der Waals surface area contributed by atoms with Crippen molar-refractivity contribution in [2.24, 2.45) is 23.0 Å². The quantitative estimate of drug-likeness (QED) is 0.635. The van der Waals surface area contributed by atoms with E-state index in [1.807, 2.05) is 0 Å². The molecule has 0 heterocycles. The van der Waals surface area contributed by atoms with Crippen LogP contribution >= 0.6 is 12.2 Å². The first-order valence-corrected chi connectivity index (χ1v) is 12.0. The Morgan fingerprint density at radius 1 is 1.11 bits per heavy atom. The summed E-state index contributed by atoms with van der Waals surface area (Å²) in [5.41, 5.74) is 8.14. The van der Waals surface area contributed by atoms with Gasteiger partial charge < -0.3 is 11.1 Å². The van der Waals surface area contributed by atoms with Gasteiger partial charge in [-0.25, -0.2) is 0 Å². The highest BCUT2D eigenvalue weighted by Gasteiger charge is 2.53. The number of nitrogens with one attached hydrogen (secondary N) is 1. The molecule has 154 valence electrons. The Hall–Kier alpha value is -0.930. The lowest BCUT2D eigenvalue weighted by molar-refractivity contribution is 0.0347. The number of fused-ring (bicyclic) bond motifs is 2. The topological polar surface area (TPSA) is 38.0 Å². The Balaban J connectivity index is 1.60. The van der Waals surface area contributed by atoms with Crippen molar-refractivity contribution in [3.63, 3.8) is 0 Å². The Bertz CT molecular complexity index is 681. The molecule has 1 aromatic carbocycles. The van der Waals surface area contributed by atoms with Crippen molar-refractivity contribution in [3.8, 4) is 0 Å². The Labute approximate surface area is 177 Å². The lowest BCUT2D eigenvalue weighted by Crippen LogP contribution is -2.54. The summed E-state index contributed by atoms with van der Waals surface area (Å²) >= 11 is 6.17. The normalized spacial score (nSPS) is 40.7. The summed E-state index contributed by atoms with van der Waals surface area (Å²) in [6.07, 6.45) is 12.3. The Kier molecular flexibility index (Phi) is 5.86. The van der Waals surface area contributed by atoms with E-state index in [0.717, 1.165) is 36.1 Å². The zero-order chi connectivity index (χ0) is 19.8. The molecule has 3 aliphatic carbocycles. The van der Waals surface area contributed by atoms with E-state index >= 15 is 0 Å². The highest BCUT2D eigenvalue weighted by atomic mass is 32.1. The van der Waals surface area contributed by atoms with E-state index < -0.39 is 0 Å². The van der Waals surface area contributed by atoms with Gasteiger partial charge in [-0.15, -0.1) is 0 Å². The predicted octanol–water partition coefficient (Wildman–Crippen LogP) is 5.74. The first-order chi connectivity index (χ1) is 13.5. The zero-order valence-electron chi connectivity index (χ0n) is 17.8. The molecule has 0 saturated heterocycles. The molecule has 2 nitrogen and oxygen atoms in total. The van der Waals surface area contributed by atoms with Gasteiger partial charge in [0.25, 0.3) is 0 Å². The summed E-state index contributed by atoms with van der Waals surface area (Å²) in [6.45, 7) is 4.85. The van der Waals surface area contributed by atoms with Crippen LogP contribution in [0.2, 0.25) is 0 Å². The van der Waals surface area contributed by atoms with E-state index in [-0.39, 0.29) is 5.41 Å². The van der Waals surface area contributed by atoms with Gasteiger partial charge >= 0.3 is 0 Å². The van der Waals surface area contributed by atoms with Gasteiger partial charge in [0.1, 0.15) is 0 Å². The standard InChI is InChI=1S/C25H38N2S/c1-3-24(23(28)27-22-11-9-21(26)10-12-22)15-19-16-25(17-24,14-13-18(19)2)20-7-5-4-6-8-20/h4-8,18-19,21-22H,3,9-17,26H2,1-2H3,(H,27,28)/t18?,19?,21-,22-,24?,25?. The molecule has 28 heavy (non-hydrogen) atoms. The average Bonchev–Trinajstić information content (AvgIpc) is 2.73. The molecule has 3 aliphatic rings. The second-order valence-corrected chi connectivity index (χ2v) is 10.6. The third-order valence-electron chi connectivity index (χ3n) is 8.52. The maximum atomic E-state index is 6.17. The van der Waals surface area contributed by atoms with Crippen molar-refractivity contribution in [2.45, 2.75) is 95.6 Å². The summed E-state index contributed by atoms with van der Waals surface area (Å²) < 4.78 is 0. The van der Waals surface area contributed by atoms with Crippen LogP contribution < -0.4 is 11.1 Å². The number of benzene rings is 1. The molecule has 3 saturated carbocycles. The van der Waals surface area contributed by atoms with Gasteiger partial charge in [0.15, 0.2) is 0 Å². The smallest absolute Gasteiger partial charge is 0.0818 e. The zero-order valence-corrected chi connectivity index (χ0v) is 18.6. The van der Waals surface area contributed by atoms with Crippen molar-refractivity contribution < 1.29 is 0 Å². The van der Waals surface area contributed by atoms with E-state index in [9.17, 15) is 0 Å². The van der Waals surface area contributed by atoms with Crippen LogP contribution in [0, 0.1) is 17.3 Å². The van der Waals surface area contributed by atoms with Gasteiger partial charge in [-0.1, -0.05) is 56.4 Å². The molecule has 4 atom stereocenters. The van der Waals surface area contributed by atoms with Crippen LogP contribution in [0.3, 0.4) is 0 Å². The first-order valence-electron chi connectivity index (χ1n) is 11.6. The predicted molar refractivity (Wildman–Crippen MR) is 123 cm³/mol. The van der Waals surface area contributed by atoms with Crippen molar-refractivity contribution in [3.05, 3.63) is 35.9 Å². The number of nitrogens with two attached hydrogens (primary N) is 1. The van der Waals surface area contributed by atoms with Crippen LogP contribution in [0.4, 0.5) is 0 Å². The molecule has 0 aromatic heterocycles. The average molecular weight is 399 g/mol. The summed E-state index contributed by atoms with van der Waals surface area (Å²) in [5.74, 6) is 1.61. The fourth-order valence-electron chi connectivity index (χ4n) is 6.56. The monoisotopic (exact) mass is 398 g/mol. The minimum absolute atomic E-state index is 0.155. The molecular formula is C25H38N2S. The fraction of sp³-hybridized carbons (Fsp3) is 0.720. The van der Waals surface area contributed by atoms with Crippen molar-refractivity contribution in [1.29, 1.82) is 0 Å². The van der Waals surface area contributed by atoms with E-state index in [2.05, 4.69) is 49.5 Å². The maximum Gasteiger partial charge on any atom is 0.0818 e. The molecule has 4 unspecified atom stereocenters. The number of thiocarbonyl (C=S) groups is 1. The van der Waals surface area contributed by atoms with Crippen molar-refractivity contribution >= 4 is 17.2 Å². The molecule has 2 bridgehead atoms. The fourth-order valence-corrected chi connectivity index (χ4v) is 7.03. The van der Waals surface area contributed by atoms with Gasteiger partial charge in [0.2, 0.25) is 0 Å². The summed E-state index contributed by atoms with van der Waals surface area (Å²) in [6, 6.07) is 12.3. The van der Waals surface area contributed by atoms with E-state index in [0.29, 0.717) is 17.5 Å². The number of hydrogen-bond acceptors (Lipinski definition) is 2. The second-order valence-electron chi connectivity index (χ2n) is 10.2. The number of hydrogen-bond donors (Lipinski definition) is 2. The molecule has 0 aliphatic heterocycles. The molecule has 3 N–H and O–H groups in total. The van der Waals surface area contributed by atoms with Crippen LogP contribution in [0.15, 0.2) is 30.3 Å². The molecule has 0 spiro atoms. The molecule has 0 amide bonds. The van der Waals surface area contributed by atoms with E-state index in [4.69, 9.17) is 18.0 Å². The third-order valence-corrected chi connectivity index (χ3v) is 9.07. The lowest BCUT2D eigenvalue weighted by atomic mass is 9.49. The molecule has 3 heteroatoms. The van der Waals surface area contributed by atoms with Crippen LogP contribution in [-0.2, 0) is 5.41 Å². The van der Waals surface area contributed by atoms with Crippen LogP contribution in [0.25, 0.3) is 0 Å². The highest BCUT2D eigenvalue weighted by Crippen LogP contribution is 2.59. The highest BCUT2D eigenvalue weighted by molar-refractivity contribution is 7.80. The maximum absolute atomic E-state index is 6.17. The SMILES string of the molecule is CCC1(C(=S)N[C@H]2CC[C@H](N)CC2)CC2CC(c3ccccc3)(CCC2C)C1. The van der Waals surface area contributed by atoms with Gasteiger partial charge in [-0.3, -0.25) is 0 Å². The van der Waals surface area contributed by atoms with Gasteiger partial charge in [0, 0.05) is 17.5 Å². The van der Waals surface area contributed by atoms with Crippen LogP contribution in [0.5, 0.6) is 0 Å². The van der Waals surface area contributed by atoms with Crippen molar-refractivity contribution in [2.75, 3.05) is 0 Å². The molecule has 3 fully saturated rings. The van der Waals surface area contributed by atoms with E-state index in [1.165, 1.54) is 44.9 Å². The molecular weight excluding hydrogens is 360 g/mol. The number of rotatable bonds is 4. The summed E-state index contributed by atoms with van der Waals surface area (Å²) in [7, 11) is 0. The van der Waals surface area contributed by atoms with Gasteiger partial charge in [-0.2, -0.15) is 0 Å². The third kappa shape index (κ3) is 3.77. The van der Waals surface area contributed by atoms with Crippen LogP contribution in [0.1, 0.15) is 83.6 Å².